The van der Waals surface area contributed by atoms with Crippen molar-refractivity contribution < 1.29 is 4.79 Å². The highest BCUT2D eigenvalue weighted by atomic mass is 79.9. The summed E-state index contributed by atoms with van der Waals surface area (Å²) in [4.78, 5) is 12.3. The molecule has 0 aliphatic carbocycles. The van der Waals surface area contributed by atoms with Crippen molar-refractivity contribution in [2.24, 2.45) is 0 Å². The van der Waals surface area contributed by atoms with E-state index in [1.165, 1.54) is 0 Å². The Balaban J connectivity index is 2.14. The van der Waals surface area contributed by atoms with Gasteiger partial charge in [0.05, 0.1) is 0 Å². The second-order valence-electron chi connectivity index (χ2n) is 4.97. The number of benzene rings is 2. The summed E-state index contributed by atoms with van der Waals surface area (Å²) < 4.78 is -0.833. The van der Waals surface area contributed by atoms with Crippen LogP contribution in [-0.4, -0.2) is 15.9 Å². The van der Waals surface area contributed by atoms with Gasteiger partial charge in [0.25, 0.3) is 5.91 Å². The molecule has 7 heteroatoms. The molecule has 0 fully saturated rings. The van der Waals surface area contributed by atoms with E-state index < -0.39 is 9.96 Å². The molecule has 1 amide bonds. The molecule has 0 aliphatic rings. The summed E-state index contributed by atoms with van der Waals surface area (Å²) >= 11 is 21.3. The highest BCUT2D eigenvalue weighted by Gasteiger charge is 2.34. The van der Waals surface area contributed by atoms with E-state index in [9.17, 15) is 4.79 Å². The number of halogens is 4. The minimum absolute atomic E-state index is 0.339. The maximum Gasteiger partial charge on any atom is 0.252 e. The van der Waals surface area contributed by atoms with E-state index in [-0.39, 0.29) is 5.91 Å². The van der Waals surface area contributed by atoms with Crippen molar-refractivity contribution in [2.45, 2.75) is 16.9 Å². The summed E-state index contributed by atoms with van der Waals surface area (Å²) in [5.74, 6) is -0.339. The predicted octanol–water partition coefficient (Wildman–Crippen LogP) is 5.30. The predicted molar refractivity (Wildman–Crippen MR) is 100 cm³/mol. The molecular formula is C16H14BrCl3N2O. The zero-order valence-electron chi connectivity index (χ0n) is 12.1. The lowest BCUT2D eigenvalue weighted by Crippen LogP contribution is -2.49. The molecule has 0 radical (unpaired) electrons. The topological polar surface area (TPSA) is 41.1 Å². The molecule has 0 aliphatic heterocycles. The Hall–Kier alpha value is -0.940. The van der Waals surface area contributed by atoms with Crippen LogP contribution in [0.4, 0.5) is 5.69 Å². The average Bonchev–Trinajstić information content (AvgIpc) is 2.48. The van der Waals surface area contributed by atoms with Gasteiger partial charge in [-0.1, -0.05) is 68.4 Å². The zero-order chi connectivity index (χ0) is 17.0. The largest absolute Gasteiger partial charge is 0.362 e. The Kier molecular flexibility index (Phi) is 6.20. The summed E-state index contributed by atoms with van der Waals surface area (Å²) in [6.07, 6.45) is -0.883. The quantitative estimate of drug-likeness (QED) is 0.505. The molecule has 1 atom stereocenters. The smallest absolute Gasteiger partial charge is 0.252 e. The van der Waals surface area contributed by atoms with Crippen LogP contribution in [0.15, 0.2) is 53.0 Å². The van der Waals surface area contributed by atoms with Crippen LogP contribution >= 0.6 is 50.7 Å². The Morgan fingerprint density at radius 3 is 2.13 bits per heavy atom. The molecule has 2 aromatic carbocycles. The molecule has 0 spiro atoms. The van der Waals surface area contributed by atoms with Crippen LogP contribution in [0.3, 0.4) is 0 Å². The Labute approximate surface area is 158 Å². The van der Waals surface area contributed by atoms with E-state index in [2.05, 4.69) is 26.6 Å². The van der Waals surface area contributed by atoms with Gasteiger partial charge in [-0.15, -0.1) is 0 Å². The van der Waals surface area contributed by atoms with Crippen LogP contribution < -0.4 is 10.6 Å². The van der Waals surface area contributed by atoms with Crippen LogP contribution in [0, 0.1) is 6.92 Å². The van der Waals surface area contributed by atoms with Crippen LogP contribution in [0.25, 0.3) is 0 Å². The lowest BCUT2D eigenvalue weighted by molar-refractivity contribution is 0.0942. The molecule has 1 unspecified atom stereocenters. The Morgan fingerprint density at radius 2 is 1.61 bits per heavy atom. The number of carbonyl (C=O) groups is 1. The van der Waals surface area contributed by atoms with Crippen molar-refractivity contribution >= 4 is 62.3 Å². The molecule has 0 saturated heterocycles. The first-order valence-corrected chi connectivity index (χ1v) is 8.65. The third-order valence-corrected chi connectivity index (χ3v) is 4.26. The van der Waals surface area contributed by atoms with Gasteiger partial charge in [-0.3, -0.25) is 4.79 Å². The highest BCUT2D eigenvalue weighted by Crippen LogP contribution is 2.31. The van der Waals surface area contributed by atoms with Crippen LogP contribution in [-0.2, 0) is 0 Å². The molecular weight excluding hydrogens is 422 g/mol. The zero-order valence-corrected chi connectivity index (χ0v) is 16.0. The minimum atomic E-state index is -1.71. The molecule has 0 heterocycles. The number of aryl methyl sites for hydroxylation is 1. The maximum absolute atomic E-state index is 12.3. The molecule has 23 heavy (non-hydrogen) atoms. The molecule has 0 saturated carbocycles. The van der Waals surface area contributed by atoms with Crippen LogP contribution in [0.2, 0.25) is 0 Å². The van der Waals surface area contributed by atoms with Gasteiger partial charge in [0, 0.05) is 15.7 Å². The number of carbonyl (C=O) groups excluding carboxylic acids is 1. The Bertz CT molecular complexity index is 669. The van der Waals surface area contributed by atoms with Crippen molar-refractivity contribution in [3.63, 3.8) is 0 Å². The van der Waals surface area contributed by atoms with Crippen molar-refractivity contribution in [2.75, 3.05) is 5.32 Å². The second kappa shape index (κ2) is 7.75. The number of anilines is 1. The molecule has 3 nitrogen and oxygen atoms in total. The summed E-state index contributed by atoms with van der Waals surface area (Å²) in [6, 6.07) is 14.5. The van der Waals surface area contributed by atoms with Gasteiger partial charge in [0.15, 0.2) is 0 Å². The number of rotatable bonds is 4. The van der Waals surface area contributed by atoms with Crippen molar-refractivity contribution in [3.8, 4) is 0 Å². The molecule has 2 rings (SSSR count). The maximum atomic E-state index is 12.3. The number of hydrogen-bond acceptors (Lipinski definition) is 2. The summed E-state index contributed by atoms with van der Waals surface area (Å²) in [6.45, 7) is 1.98. The van der Waals surface area contributed by atoms with Gasteiger partial charge in [0.2, 0.25) is 3.79 Å². The fourth-order valence-corrected chi connectivity index (χ4v) is 2.42. The summed E-state index contributed by atoms with van der Waals surface area (Å²) in [5.41, 5.74) is 2.32. The van der Waals surface area contributed by atoms with Crippen molar-refractivity contribution in [1.82, 2.24) is 5.32 Å². The monoisotopic (exact) mass is 434 g/mol. The number of amides is 1. The van der Waals surface area contributed by atoms with Crippen LogP contribution in [0.5, 0.6) is 0 Å². The van der Waals surface area contributed by atoms with Crippen LogP contribution in [0.1, 0.15) is 15.9 Å². The number of alkyl halides is 3. The van der Waals surface area contributed by atoms with Crippen molar-refractivity contribution in [3.05, 3.63) is 64.1 Å². The highest BCUT2D eigenvalue weighted by molar-refractivity contribution is 9.10. The van der Waals surface area contributed by atoms with E-state index in [4.69, 9.17) is 34.8 Å². The third kappa shape index (κ3) is 5.57. The van der Waals surface area contributed by atoms with E-state index >= 15 is 0 Å². The average molecular weight is 437 g/mol. The first kappa shape index (κ1) is 18.4. The fourth-order valence-electron chi connectivity index (χ4n) is 1.83. The van der Waals surface area contributed by atoms with E-state index in [0.29, 0.717) is 5.56 Å². The standard InChI is InChI=1S/C16H14BrCl3N2O/c1-10-2-8-13(9-3-10)21-15(16(18,19)20)22-14(23)11-4-6-12(17)7-5-11/h2-9,15,21H,1H3,(H,22,23). The lowest BCUT2D eigenvalue weighted by Gasteiger charge is -2.27. The summed E-state index contributed by atoms with van der Waals surface area (Å²) in [7, 11) is 0. The lowest BCUT2D eigenvalue weighted by atomic mass is 10.2. The second-order valence-corrected chi connectivity index (χ2v) is 8.25. The van der Waals surface area contributed by atoms with Gasteiger partial charge in [-0.25, -0.2) is 0 Å². The van der Waals surface area contributed by atoms with E-state index in [1.807, 2.05) is 31.2 Å². The SMILES string of the molecule is Cc1ccc(NC(NC(=O)c2ccc(Br)cc2)C(Cl)(Cl)Cl)cc1. The van der Waals surface area contributed by atoms with E-state index in [0.717, 1.165) is 15.7 Å². The first-order valence-electron chi connectivity index (χ1n) is 6.72. The molecule has 0 bridgehead atoms. The molecule has 122 valence electrons. The van der Waals surface area contributed by atoms with Gasteiger partial charge in [-0.05, 0) is 43.3 Å². The number of hydrogen-bond donors (Lipinski definition) is 2. The van der Waals surface area contributed by atoms with Gasteiger partial charge < -0.3 is 10.6 Å². The van der Waals surface area contributed by atoms with Gasteiger partial charge >= 0.3 is 0 Å². The van der Waals surface area contributed by atoms with E-state index in [1.54, 1.807) is 24.3 Å². The third-order valence-electron chi connectivity index (χ3n) is 3.07. The van der Waals surface area contributed by atoms with Gasteiger partial charge in [0.1, 0.15) is 6.17 Å². The first-order chi connectivity index (χ1) is 10.8. The molecule has 2 N–H and O–H groups in total. The molecule has 0 aromatic heterocycles. The van der Waals surface area contributed by atoms with Gasteiger partial charge in [-0.2, -0.15) is 0 Å². The minimum Gasteiger partial charge on any atom is -0.362 e. The van der Waals surface area contributed by atoms with Crippen molar-refractivity contribution in [1.29, 1.82) is 0 Å². The number of nitrogens with one attached hydrogen (secondary N) is 2. The molecule has 2 aromatic rings. The summed E-state index contributed by atoms with van der Waals surface area (Å²) in [5, 5.41) is 5.72. The Morgan fingerprint density at radius 1 is 1.04 bits per heavy atom. The fraction of sp³-hybridized carbons (Fsp3) is 0.188. The normalized spacial score (nSPS) is 12.6.